The number of rotatable bonds is 9. The van der Waals surface area contributed by atoms with Crippen LogP contribution in [-0.2, 0) is 4.79 Å². The average molecular weight is 460 g/mol. The lowest BCUT2D eigenvalue weighted by atomic mass is 10.2. The minimum Gasteiger partial charge on any atom is -0.494 e. The second-order valence-corrected chi connectivity index (χ2v) is 8.01. The number of ether oxygens (including phenoxy) is 1. The van der Waals surface area contributed by atoms with Crippen molar-refractivity contribution in [2.75, 3.05) is 23.8 Å². The Hall–Kier alpha value is -3.65. The highest BCUT2D eigenvalue weighted by Crippen LogP contribution is 2.29. The highest BCUT2D eigenvalue weighted by Gasteiger charge is 2.20. The molecule has 4 aromatic rings. The Balaban J connectivity index is 1.63. The first-order valence-electron chi connectivity index (χ1n) is 10.8. The van der Waals surface area contributed by atoms with Crippen molar-refractivity contribution in [2.24, 2.45) is 0 Å². The molecule has 1 amide bonds. The lowest BCUT2D eigenvalue weighted by Gasteiger charge is -2.20. The summed E-state index contributed by atoms with van der Waals surface area (Å²) >= 11 is 1.36. The molecule has 0 saturated heterocycles. The Kier molecular flexibility index (Phi) is 7.36. The number of amides is 1. The van der Waals surface area contributed by atoms with Gasteiger partial charge in [0.15, 0.2) is 11.0 Å². The highest BCUT2D eigenvalue weighted by atomic mass is 32.2. The van der Waals surface area contributed by atoms with Crippen LogP contribution in [0.3, 0.4) is 0 Å². The molecule has 0 spiro atoms. The zero-order valence-corrected chi connectivity index (χ0v) is 19.4. The van der Waals surface area contributed by atoms with Crippen LogP contribution in [0.4, 0.5) is 5.69 Å². The van der Waals surface area contributed by atoms with Crippen LogP contribution in [0, 0.1) is 0 Å². The summed E-state index contributed by atoms with van der Waals surface area (Å²) in [5.41, 5.74) is 2.61. The molecule has 2 aromatic carbocycles. The molecular weight excluding hydrogens is 434 g/mol. The maximum Gasteiger partial charge on any atom is 0.237 e. The highest BCUT2D eigenvalue weighted by molar-refractivity contribution is 7.99. The van der Waals surface area contributed by atoms with E-state index in [1.54, 1.807) is 17.3 Å². The quantitative estimate of drug-likeness (QED) is 0.332. The van der Waals surface area contributed by atoms with Crippen molar-refractivity contribution in [1.29, 1.82) is 0 Å². The van der Waals surface area contributed by atoms with Gasteiger partial charge in [0.2, 0.25) is 5.91 Å². The molecule has 0 fully saturated rings. The maximum absolute atomic E-state index is 13.0. The molecule has 4 rings (SSSR count). The van der Waals surface area contributed by atoms with Crippen LogP contribution in [0.1, 0.15) is 13.8 Å². The third-order valence-corrected chi connectivity index (χ3v) is 5.88. The number of carbonyl (C=O) groups excluding carboxylic acids is 1. The number of thioether (sulfide) groups is 1. The topological polar surface area (TPSA) is 73.1 Å². The minimum absolute atomic E-state index is 0.0119. The molecule has 0 saturated carbocycles. The van der Waals surface area contributed by atoms with Crippen molar-refractivity contribution in [3.05, 3.63) is 79.1 Å². The zero-order valence-electron chi connectivity index (χ0n) is 18.6. The van der Waals surface area contributed by atoms with Gasteiger partial charge in [-0.3, -0.25) is 14.3 Å². The van der Waals surface area contributed by atoms with Crippen molar-refractivity contribution >= 4 is 23.4 Å². The summed E-state index contributed by atoms with van der Waals surface area (Å²) in [4.78, 5) is 19.0. The first kappa shape index (κ1) is 22.5. The number of aromatic nitrogens is 4. The molecular formula is C25H25N5O2S. The van der Waals surface area contributed by atoms with Gasteiger partial charge in [0.1, 0.15) is 5.75 Å². The molecule has 0 bridgehead atoms. The summed E-state index contributed by atoms with van der Waals surface area (Å²) in [6, 6.07) is 21.2. The van der Waals surface area contributed by atoms with Gasteiger partial charge in [-0.2, -0.15) is 0 Å². The van der Waals surface area contributed by atoms with E-state index in [2.05, 4.69) is 15.2 Å². The number of anilines is 1. The summed E-state index contributed by atoms with van der Waals surface area (Å²) in [5, 5.41) is 9.46. The third kappa shape index (κ3) is 5.23. The van der Waals surface area contributed by atoms with Crippen LogP contribution in [0.2, 0.25) is 0 Å². The smallest absolute Gasteiger partial charge is 0.237 e. The SMILES string of the molecule is CCOc1ccc(-n2c(SCC(=O)N(CC)c3ccccc3)nnc2-c2cccnc2)cc1. The van der Waals surface area contributed by atoms with Gasteiger partial charge in [0.25, 0.3) is 0 Å². The zero-order chi connectivity index (χ0) is 23.0. The molecule has 0 aliphatic carbocycles. The van der Waals surface area contributed by atoms with Gasteiger partial charge in [0, 0.05) is 35.9 Å². The molecule has 0 atom stereocenters. The summed E-state index contributed by atoms with van der Waals surface area (Å²) in [6.45, 7) is 5.12. The summed E-state index contributed by atoms with van der Waals surface area (Å²) < 4.78 is 7.53. The van der Waals surface area contributed by atoms with E-state index in [-0.39, 0.29) is 11.7 Å². The molecule has 168 valence electrons. The van der Waals surface area contributed by atoms with Gasteiger partial charge >= 0.3 is 0 Å². The number of hydrogen-bond acceptors (Lipinski definition) is 6. The fourth-order valence-electron chi connectivity index (χ4n) is 3.45. The Labute approximate surface area is 197 Å². The van der Waals surface area contributed by atoms with Crippen LogP contribution >= 0.6 is 11.8 Å². The first-order valence-corrected chi connectivity index (χ1v) is 11.8. The third-order valence-electron chi connectivity index (χ3n) is 4.97. The van der Waals surface area contributed by atoms with Gasteiger partial charge in [-0.05, 0) is 62.4 Å². The number of benzene rings is 2. The van der Waals surface area contributed by atoms with E-state index in [1.807, 2.05) is 85.1 Å². The van der Waals surface area contributed by atoms with Crippen molar-refractivity contribution in [2.45, 2.75) is 19.0 Å². The molecule has 0 aliphatic rings. The Morgan fingerprint density at radius 3 is 2.45 bits per heavy atom. The predicted molar refractivity (Wildman–Crippen MR) is 131 cm³/mol. The van der Waals surface area contributed by atoms with Crippen LogP contribution in [-0.4, -0.2) is 44.6 Å². The van der Waals surface area contributed by atoms with Gasteiger partial charge in [-0.1, -0.05) is 30.0 Å². The van der Waals surface area contributed by atoms with Gasteiger partial charge in [-0.25, -0.2) is 0 Å². The fourth-order valence-corrected chi connectivity index (χ4v) is 4.28. The lowest BCUT2D eigenvalue weighted by Crippen LogP contribution is -2.32. The number of hydrogen-bond donors (Lipinski definition) is 0. The predicted octanol–water partition coefficient (Wildman–Crippen LogP) is 4.87. The van der Waals surface area contributed by atoms with Crippen LogP contribution in [0.5, 0.6) is 5.75 Å². The van der Waals surface area contributed by atoms with Crippen LogP contribution in [0.25, 0.3) is 17.1 Å². The number of nitrogens with zero attached hydrogens (tertiary/aromatic N) is 5. The number of carbonyl (C=O) groups is 1. The maximum atomic E-state index is 13.0. The number of pyridine rings is 1. The molecule has 0 unspecified atom stereocenters. The van der Waals surface area contributed by atoms with Gasteiger partial charge in [-0.15, -0.1) is 10.2 Å². The molecule has 8 heteroatoms. The van der Waals surface area contributed by atoms with Gasteiger partial charge in [0.05, 0.1) is 12.4 Å². The Morgan fingerprint density at radius 1 is 1.00 bits per heavy atom. The first-order chi connectivity index (χ1) is 16.2. The molecule has 0 radical (unpaired) electrons. The van der Waals surface area contributed by atoms with E-state index in [4.69, 9.17) is 4.74 Å². The molecule has 2 aromatic heterocycles. The molecule has 0 N–H and O–H groups in total. The van der Waals surface area contributed by atoms with Crippen molar-refractivity contribution in [3.63, 3.8) is 0 Å². The molecule has 7 nitrogen and oxygen atoms in total. The van der Waals surface area contributed by atoms with E-state index >= 15 is 0 Å². The standard InChI is InChI=1S/C25H25N5O2S/c1-3-29(20-10-6-5-7-11-20)23(31)18-33-25-28-27-24(19-9-8-16-26-17-19)30(25)21-12-14-22(15-13-21)32-4-2/h5-17H,3-4,18H2,1-2H3. The minimum atomic E-state index is 0.0119. The Morgan fingerprint density at radius 2 is 1.79 bits per heavy atom. The average Bonchev–Trinajstić information content (AvgIpc) is 3.29. The van der Waals surface area contributed by atoms with Crippen molar-refractivity contribution < 1.29 is 9.53 Å². The summed E-state index contributed by atoms with van der Waals surface area (Å²) in [7, 11) is 0. The van der Waals surface area contributed by atoms with E-state index in [1.165, 1.54) is 11.8 Å². The van der Waals surface area contributed by atoms with Crippen LogP contribution in [0.15, 0.2) is 84.3 Å². The largest absolute Gasteiger partial charge is 0.494 e. The van der Waals surface area contributed by atoms with E-state index in [9.17, 15) is 4.79 Å². The summed E-state index contributed by atoms with van der Waals surface area (Å²) in [5.74, 6) is 1.71. The molecule has 33 heavy (non-hydrogen) atoms. The number of para-hydroxylation sites is 1. The second kappa shape index (κ2) is 10.8. The van der Waals surface area contributed by atoms with E-state index in [0.29, 0.717) is 24.1 Å². The van der Waals surface area contributed by atoms with E-state index in [0.717, 1.165) is 22.7 Å². The normalized spacial score (nSPS) is 10.7. The Bertz CT molecular complexity index is 1180. The molecule has 0 aliphatic heterocycles. The van der Waals surface area contributed by atoms with Gasteiger partial charge < -0.3 is 9.64 Å². The second-order valence-electron chi connectivity index (χ2n) is 7.07. The lowest BCUT2D eigenvalue weighted by molar-refractivity contribution is -0.116. The summed E-state index contributed by atoms with van der Waals surface area (Å²) in [6.07, 6.45) is 3.47. The van der Waals surface area contributed by atoms with Crippen molar-refractivity contribution in [1.82, 2.24) is 19.7 Å². The fraction of sp³-hybridized carbons (Fsp3) is 0.200. The van der Waals surface area contributed by atoms with Crippen LogP contribution < -0.4 is 9.64 Å². The van der Waals surface area contributed by atoms with E-state index < -0.39 is 0 Å². The van der Waals surface area contributed by atoms with Crippen molar-refractivity contribution in [3.8, 4) is 22.8 Å². The molecule has 2 heterocycles. The monoisotopic (exact) mass is 459 g/mol.